The Morgan fingerprint density at radius 1 is 1.04 bits per heavy atom. The van der Waals surface area contributed by atoms with Crippen molar-refractivity contribution in [3.8, 4) is 0 Å². The van der Waals surface area contributed by atoms with Crippen LogP contribution in [0.25, 0.3) is 0 Å². The maximum atomic E-state index is 11.4. The first-order valence-corrected chi connectivity index (χ1v) is 8.54. The molecular weight excluding hydrogens is 344 g/mol. The molecule has 0 saturated carbocycles. The molecule has 0 aliphatic carbocycles. The zero-order chi connectivity index (χ0) is 19.7. The maximum absolute atomic E-state index is 11.4. The molecule has 4 atom stereocenters. The van der Waals surface area contributed by atoms with Gasteiger partial charge in [0.1, 0.15) is 24.4 Å². The minimum Gasteiger partial charge on any atom is -0.463 e. The van der Waals surface area contributed by atoms with Crippen LogP contribution >= 0.6 is 0 Å². The van der Waals surface area contributed by atoms with E-state index in [1.165, 1.54) is 26.8 Å². The summed E-state index contributed by atoms with van der Waals surface area (Å²) in [6.45, 7) is 5.54. The van der Waals surface area contributed by atoms with E-state index in [0.717, 1.165) is 0 Å². The van der Waals surface area contributed by atoms with Crippen molar-refractivity contribution in [2.24, 2.45) is 0 Å². The molecule has 146 valence electrons. The quantitative estimate of drug-likeness (QED) is 0.447. The molecule has 1 heterocycles. The van der Waals surface area contributed by atoms with Crippen LogP contribution in [0.4, 0.5) is 0 Å². The summed E-state index contributed by atoms with van der Waals surface area (Å²) in [7, 11) is 0. The highest BCUT2D eigenvalue weighted by Gasteiger charge is 2.28. The van der Waals surface area contributed by atoms with Crippen molar-refractivity contribution in [1.82, 2.24) is 0 Å². The van der Waals surface area contributed by atoms with Gasteiger partial charge >= 0.3 is 23.9 Å². The number of carbonyl (C=O) groups excluding carboxylic acids is 4. The van der Waals surface area contributed by atoms with Gasteiger partial charge in [0.15, 0.2) is 0 Å². The summed E-state index contributed by atoms with van der Waals surface area (Å²) in [6.07, 6.45) is 2.23. The van der Waals surface area contributed by atoms with Gasteiger partial charge in [-0.1, -0.05) is 6.08 Å². The van der Waals surface area contributed by atoms with Crippen LogP contribution in [0, 0.1) is 0 Å². The van der Waals surface area contributed by atoms with Gasteiger partial charge in [0.05, 0.1) is 0 Å². The predicted molar refractivity (Wildman–Crippen MR) is 89.8 cm³/mol. The van der Waals surface area contributed by atoms with Crippen molar-refractivity contribution in [3.05, 3.63) is 12.2 Å². The van der Waals surface area contributed by atoms with E-state index in [2.05, 4.69) is 0 Å². The third kappa shape index (κ3) is 9.19. The Balaban J connectivity index is 2.75. The fourth-order valence-electron chi connectivity index (χ4n) is 2.85. The zero-order valence-corrected chi connectivity index (χ0v) is 15.6. The van der Waals surface area contributed by atoms with Crippen LogP contribution in [-0.2, 0) is 38.1 Å². The lowest BCUT2D eigenvalue weighted by Crippen LogP contribution is -2.33. The van der Waals surface area contributed by atoms with Crippen molar-refractivity contribution < 1.29 is 38.1 Å². The molecule has 0 aromatic carbocycles. The number of esters is 4. The van der Waals surface area contributed by atoms with Crippen LogP contribution in [0.15, 0.2) is 12.2 Å². The lowest BCUT2D eigenvalue weighted by atomic mass is 9.99. The lowest BCUT2D eigenvalue weighted by molar-refractivity contribution is -0.157. The van der Waals surface area contributed by atoms with Gasteiger partial charge in [0.25, 0.3) is 0 Å². The second-order valence-corrected chi connectivity index (χ2v) is 6.29. The van der Waals surface area contributed by atoms with Gasteiger partial charge in [-0.2, -0.15) is 0 Å². The average Bonchev–Trinajstić information content (AvgIpc) is 2.44. The number of carbonyl (C=O) groups is 4. The number of ether oxygens (including phenoxy) is 4. The minimum atomic E-state index is -0.610. The standard InChI is InChI=1S/C18H26O8/c1-11(23-12(2)19)8-16(24-13(3)20)10-17(25-14(4)21)9-15-6-5-7-18(22)26-15/h5,7,11,15-17H,6,8-10H2,1-4H3/t11?,15-,16?,17?/m1/s1. The Kier molecular flexibility index (Phi) is 8.81. The van der Waals surface area contributed by atoms with Crippen molar-refractivity contribution in [2.75, 3.05) is 0 Å². The van der Waals surface area contributed by atoms with Crippen LogP contribution in [0.3, 0.4) is 0 Å². The molecule has 0 spiro atoms. The first-order chi connectivity index (χ1) is 12.2. The van der Waals surface area contributed by atoms with E-state index in [9.17, 15) is 19.2 Å². The average molecular weight is 370 g/mol. The molecule has 8 heteroatoms. The molecule has 1 aliphatic heterocycles. The summed E-state index contributed by atoms with van der Waals surface area (Å²) in [5.74, 6) is -1.85. The summed E-state index contributed by atoms with van der Waals surface area (Å²) in [5, 5.41) is 0. The van der Waals surface area contributed by atoms with Crippen LogP contribution in [-0.4, -0.2) is 48.3 Å². The second-order valence-electron chi connectivity index (χ2n) is 6.29. The van der Waals surface area contributed by atoms with Gasteiger partial charge in [-0.25, -0.2) is 4.79 Å². The van der Waals surface area contributed by atoms with Gasteiger partial charge in [-0.15, -0.1) is 0 Å². The predicted octanol–water partition coefficient (Wildman–Crippen LogP) is 1.84. The Morgan fingerprint density at radius 3 is 2.15 bits per heavy atom. The van der Waals surface area contributed by atoms with Crippen molar-refractivity contribution in [1.29, 1.82) is 0 Å². The lowest BCUT2D eigenvalue weighted by Gasteiger charge is -2.28. The molecule has 0 N–H and O–H groups in total. The van der Waals surface area contributed by atoms with Crippen molar-refractivity contribution >= 4 is 23.9 Å². The van der Waals surface area contributed by atoms with E-state index in [0.29, 0.717) is 6.42 Å². The van der Waals surface area contributed by atoms with E-state index >= 15 is 0 Å². The molecule has 0 bridgehead atoms. The number of hydrogen-bond acceptors (Lipinski definition) is 8. The minimum absolute atomic E-state index is 0.211. The highest BCUT2D eigenvalue weighted by atomic mass is 16.6. The number of rotatable bonds is 9. The molecule has 0 amide bonds. The number of cyclic esters (lactones) is 1. The Labute approximate surface area is 152 Å². The first kappa shape index (κ1) is 21.7. The highest BCUT2D eigenvalue weighted by molar-refractivity contribution is 5.82. The van der Waals surface area contributed by atoms with Crippen molar-refractivity contribution in [2.45, 2.75) is 77.8 Å². The maximum Gasteiger partial charge on any atom is 0.330 e. The SMILES string of the molecule is CC(=O)OC(C)CC(CC(C[C@H]1CC=CC(=O)O1)OC(C)=O)OC(C)=O. The summed E-state index contributed by atoms with van der Waals surface area (Å²) in [4.78, 5) is 45.2. The Morgan fingerprint density at radius 2 is 1.62 bits per heavy atom. The first-order valence-electron chi connectivity index (χ1n) is 8.54. The summed E-state index contributed by atoms with van der Waals surface area (Å²) >= 11 is 0. The molecule has 0 radical (unpaired) electrons. The molecule has 0 saturated heterocycles. The largest absolute Gasteiger partial charge is 0.463 e. The smallest absolute Gasteiger partial charge is 0.330 e. The van der Waals surface area contributed by atoms with Gasteiger partial charge in [0.2, 0.25) is 0 Å². The number of hydrogen-bond donors (Lipinski definition) is 0. The summed E-state index contributed by atoms with van der Waals surface area (Å²) < 4.78 is 20.9. The van der Waals surface area contributed by atoms with E-state index in [1.54, 1.807) is 13.0 Å². The summed E-state index contributed by atoms with van der Waals surface area (Å²) in [6, 6.07) is 0. The third-order valence-electron chi connectivity index (χ3n) is 3.61. The molecule has 1 rings (SSSR count). The van der Waals surface area contributed by atoms with E-state index in [1.807, 2.05) is 0 Å². The Hall–Kier alpha value is -2.38. The molecule has 3 unspecified atom stereocenters. The molecule has 26 heavy (non-hydrogen) atoms. The molecular formula is C18H26O8. The van der Waals surface area contributed by atoms with Crippen molar-refractivity contribution in [3.63, 3.8) is 0 Å². The molecule has 0 fully saturated rings. The molecule has 0 aromatic rings. The monoisotopic (exact) mass is 370 g/mol. The fraction of sp³-hybridized carbons (Fsp3) is 0.667. The van der Waals surface area contributed by atoms with E-state index in [4.69, 9.17) is 18.9 Å². The van der Waals surface area contributed by atoms with Crippen LogP contribution in [0.5, 0.6) is 0 Å². The molecule has 8 nitrogen and oxygen atoms in total. The van der Waals surface area contributed by atoms with Gasteiger partial charge < -0.3 is 18.9 Å². The highest BCUT2D eigenvalue weighted by Crippen LogP contribution is 2.21. The second kappa shape index (κ2) is 10.6. The van der Waals surface area contributed by atoms with Crippen LogP contribution in [0.1, 0.15) is 53.4 Å². The third-order valence-corrected chi connectivity index (χ3v) is 3.61. The van der Waals surface area contributed by atoms with E-state index < -0.39 is 48.3 Å². The van der Waals surface area contributed by atoms with E-state index in [-0.39, 0.29) is 19.3 Å². The van der Waals surface area contributed by atoms with Crippen LogP contribution < -0.4 is 0 Å². The topological polar surface area (TPSA) is 105 Å². The van der Waals surface area contributed by atoms with Crippen LogP contribution in [0.2, 0.25) is 0 Å². The normalized spacial score (nSPS) is 19.7. The molecule has 1 aliphatic rings. The van der Waals surface area contributed by atoms with Gasteiger partial charge in [-0.3, -0.25) is 14.4 Å². The Bertz CT molecular complexity index is 553. The summed E-state index contributed by atoms with van der Waals surface area (Å²) in [5.41, 5.74) is 0. The zero-order valence-electron chi connectivity index (χ0n) is 15.6. The fourth-order valence-corrected chi connectivity index (χ4v) is 2.85. The molecule has 0 aromatic heterocycles. The van der Waals surface area contributed by atoms with Gasteiger partial charge in [0, 0.05) is 52.5 Å². The van der Waals surface area contributed by atoms with Gasteiger partial charge in [-0.05, 0) is 6.92 Å².